The van der Waals surface area contributed by atoms with Crippen molar-refractivity contribution >= 4 is 22.3 Å². The summed E-state index contributed by atoms with van der Waals surface area (Å²) in [5, 5.41) is 9.86. The van der Waals surface area contributed by atoms with E-state index in [-0.39, 0.29) is 12.1 Å². The first-order valence-corrected chi connectivity index (χ1v) is 10.7. The summed E-state index contributed by atoms with van der Waals surface area (Å²) in [4.78, 5) is 13.3. The minimum Gasteiger partial charge on any atom is -0.475 e. The van der Waals surface area contributed by atoms with Gasteiger partial charge in [0.25, 0.3) is 0 Å². The molecule has 2 aliphatic rings. The van der Waals surface area contributed by atoms with E-state index < -0.39 is 62.6 Å². The minimum absolute atomic E-state index is 0.0206. The molecule has 1 atom stereocenters. The Balaban J connectivity index is 0.000000798. The van der Waals surface area contributed by atoms with Gasteiger partial charge in [-0.15, -0.1) is 0 Å². The first-order chi connectivity index (χ1) is 14.9. The van der Waals surface area contributed by atoms with E-state index in [0.717, 1.165) is 6.92 Å². The van der Waals surface area contributed by atoms with E-state index >= 15 is 0 Å². The average molecular weight is 520 g/mol. The topological polar surface area (TPSA) is 131 Å². The molecule has 33 heavy (non-hydrogen) atoms. The molecular formula is C16H22F8N3O5S+. The summed E-state index contributed by atoms with van der Waals surface area (Å²) in [5.41, 5.74) is -2.68. The van der Waals surface area contributed by atoms with Crippen molar-refractivity contribution in [3.63, 3.8) is 0 Å². The molecular weight excluding hydrogens is 498 g/mol. The van der Waals surface area contributed by atoms with Gasteiger partial charge in [-0.25, -0.2) is 21.8 Å². The van der Waals surface area contributed by atoms with E-state index in [4.69, 9.17) is 5.21 Å². The molecule has 2 heterocycles. The number of alkyl halides is 3. The molecule has 0 aliphatic carbocycles. The molecule has 17 heteroatoms. The van der Waals surface area contributed by atoms with Gasteiger partial charge in [0.05, 0.1) is 5.57 Å². The van der Waals surface area contributed by atoms with Crippen molar-refractivity contribution < 1.29 is 62.8 Å². The summed E-state index contributed by atoms with van der Waals surface area (Å²) >= 11 is 0. The molecule has 0 bridgehead atoms. The Bertz CT molecular complexity index is 885. The van der Waals surface area contributed by atoms with Crippen LogP contribution in [0.2, 0.25) is 0 Å². The number of rotatable bonds is 4. The number of hydrogen-bond donors (Lipinski definition) is 4. The van der Waals surface area contributed by atoms with Gasteiger partial charge in [0.15, 0.2) is 0 Å². The van der Waals surface area contributed by atoms with Gasteiger partial charge in [-0.3, -0.25) is 4.84 Å². The van der Waals surface area contributed by atoms with Crippen LogP contribution in [-0.4, -0.2) is 43.3 Å². The quantitative estimate of drug-likeness (QED) is 0.207. The zero-order chi connectivity index (χ0) is 25.7. The lowest BCUT2D eigenvalue weighted by Crippen LogP contribution is -2.42. The lowest BCUT2D eigenvalue weighted by molar-refractivity contribution is -0.670. The lowest BCUT2D eigenvalue weighted by Gasteiger charge is -2.41. The number of quaternary nitrogens is 1. The van der Waals surface area contributed by atoms with Crippen LogP contribution in [0.1, 0.15) is 17.5 Å². The third-order valence-electron chi connectivity index (χ3n) is 4.05. The summed E-state index contributed by atoms with van der Waals surface area (Å²) in [5.74, 6) is 4.43. The van der Waals surface area contributed by atoms with Crippen LogP contribution in [0.5, 0.6) is 5.75 Å². The number of carbonyl (C=O) groups excluding carboxylic acids is 1. The van der Waals surface area contributed by atoms with E-state index in [0.29, 0.717) is 6.08 Å². The number of nitrogens with two attached hydrogens (primary N) is 1. The van der Waals surface area contributed by atoms with Gasteiger partial charge in [0.1, 0.15) is 10.6 Å². The first kappa shape index (κ1) is 28.9. The molecule has 192 valence electrons. The van der Waals surface area contributed by atoms with Gasteiger partial charge in [0.2, 0.25) is 12.9 Å². The van der Waals surface area contributed by atoms with Gasteiger partial charge in [-0.1, -0.05) is 19.4 Å². The number of ether oxygens (including phenoxy) is 2. The maximum atomic E-state index is 13.2. The molecule has 1 fully saturated rings. The second-order valence-electron chi connectivity index (χ2n) is 6.59. The molecule has 3 rings (SSSR count). The van der Waals surface area contributed by atoms with Crippen LogP contribution in [0.25, 0.3) is 6.08 Å². The molecule has 0 radical (unpaired) electrons. The second kappa shape index (κ2) is 9.59. The first-order valence-electron chi connectivity index (χ1n) is 8.79. The Morgan fingerprint density at radius 3 is 2.15 bits per heavy atom. The summed E-state index contributed by atoms with van der Waals surface area (Å²) in [6.45, 7) is 2.40. The maximum absolute atomic E-state index is 13.2. The lowest BCUT2D eigenvalue weighted by atomic mass is 9.99. The summed E-state index contributed by atoms with van der Waals surface area (Å²) in [6.07, 6.45) is -6.31. The maximum Gasteiger partial charge on any atom is 0.430 e. The molecule has 0 amide bonds. The fraction of sp³-hybridized carbons (Fsp3) is 0.438. The number of nitrogens with one attached hydrogen (secondary N) is 1. The number of fused-ring (bicyclic) bond motifs is 1. The van der Waals surface area contributed by atoms with E-state index in [2.05, 4.69) is 31.4 Å². The van der Waals surface area contributed by atoms with Gasteiger partial charge in [0, 0.05) is 5.56 Å². The highest BCUT2D eigenvalue weighted by atomic mass is 32.5. The fourth-order valence-corrected chi connectivity index (χ4v) is 3.19. The zero-order valence-corrected chi connectivity index (χ0v) is 17.8. The van der Waals surface area contributed by atoms with Crippen LogP contribution < -0.4 is 21.8 Å². The molecule has 7 N–H and O–H groups in total. The normalized spacial score (nSPS) is 19.4. The van der Waals surface area contributed by atoms with Crippen molar-refractivity contribution in [3.05, 3.63) is 28.8 Å². The minimum atomic E-state index is -10.1. The van der Waals surface area contributed by atoms with E-state index in [1.54, 1.807) is 0 Å². The largest absolute Gasteiger partial charge is 0.475 e. The van der Waals surface area contributed by atoms with Gasteiger partial charge in [-0.2, -0.15) is 13.2 Å². The number of benzene rings is 1. The highest BCUT2D eigenvalue weighted by Crippen LogP contribution is 3.02. The summed E-state index contributed by atoms with van der Waals surface area (Å²) in [7, 11) is -10.1. The second-order valence-corrected chi connectivity index (χ2v) is 9.00. The average Bonchev–Trinajstić information content (AvgIpc) is 2.62. The number of halogens is 8. The molecule has 0 aromatic heterocycles. The van der Waals surface area contributed by atoms with Crippen LogP contribution >= 0.6 is 10.2 Å². The van der Waals surface area contributed by atoms with Crippen molar-refractivity contribution in [2.24, 2.45) is 5.90 Å². The molecule has 0 saturated carbocycles. The highest BCUT2D eigenvalue weighted by molar-refractivity contribution is 8.45. The van der Waals surface area contributed by atoms with Crippen LogP contribution in [0, 0.1) is 6.92 Å². The molecule has 1 saturated heterocycles. The molecule has 1 aromatic rings. The SMILES string of the molecule is C1CNC1.Cc1cc(S(F)(F)(F)(F)F)cc2c1OC(C(F)(F)F)C(C(=O)OCON)=C2.[NH3+]O. The standard InChI is InChI=1S/C13H11F8NO4S.C3H7N.H4NO/c1-6-2-8(27(17,18,19,20)21)3-7-4-9(12(23)24-5-25-22)11(13(14,15)16)26-10(6)7;1-2-4-3-1;1-2/h2-4,11H,5,22H2,1H3;4H,1-3H2;2H,1H3/q;;+1. The van der Waals surface area contributed by atoms with Crippen molar-refractivity contribution in [1.29, 1.82) is 0 Å². The van der Waals surface area contributed by atoms with Crippen LogP contribution in [-0.2, 0) is 14.4 Å². The van der Waals surface area contributed by atoms with Crippen molar-refractivity contribution in [2.45, 2.75) is 30.5 Å². The van der Waals surface area contributed by atoms with Crippen molar-refractivity contribution in [1.82, 2.24) is 5.32 Å². The predicted octanol–water partition coefficient (Wildman–Crippen LogP) is 3.35. The number of carbonyl (C=O) groups is 1. The molecule has 1 aromatic carbocycles. The van der Waals surface area contributed by atoms with Crippen LogP contribution in [0.15, 0.2) is 22.6 Å². The third-order valence-corrected chi connectivity index (χ3v) is 5.18. The predicted molar refractivity (Wildman–Crippen MR) is 99.4 cm³/mol. The van der Waals surface area contributed by atoms with E-state index in [1.165, 1.54) is 19.5 Å². The highest BCUT2D eigenvalue weighted by Gasteiger charge is 2.65. The van der Waals surface area contributed by atoms with Crippen LogP contribution in [0.4, 0.5) is 32.6 Å². The number of aryl methyl sites for hydroxylation is 1. The fourth-order valence-electron chi connectivity index (χ4n) is 2.44. The van der Waals surface area contributed by atoms with E-state index in [9.17, 15) is 37.4 Å². The molecule has 1 unspecified atom stereocenters. The monoisotopic (exact) mass is 520 g/mol. The number of hydrogen-bond acceptors (Lipinski definition) is 7. The Hall–Kier alpha value is -2.18. The van der Waals surface area contributed by atoms with Crippen LogP contribution in [0.3, 0.4) is 0 Å². The summed E-state index contributed by atoms with van der Waals surface area (Å²) < 4.78 is 113. The number of esters is 1. The Labute approximate surface area is 182 Å². The van der Waals surface area contributed by atoms with Crippen molar-refractivity contribution in [2.75, 3.05) is 19.9 Å². The molecule has 2 aliphatic heterocycles. The molecule has 8 nitrogen and oxygen atoms in total. The van der Waals surface area contributed by atoms with Gasteiger partial charge < -0.3 is 14.8 Å². The third kappa shape index (κ3) is 7.97. The Kier molecular flexibility index (Phi) is 8.38. The van der Waals surface area contributed by atoms with Crippen molar-refractivity contribution in [3.8, 4) is 5.75 Å². The smallest absolute Gasteiger partial charge is 0.430 e. The van der Waals surface area contributed by atoms with Gasteiger partial charge in [-0.05, 0) is 50.2 Å². The van der Waals surface area contributed by atoms with E-state index in [1.807, 2.05) is 0 Å². The zero-order valence-electron chi connectivity index (χ0n) is 16.9. The summed E-state index contributed by atoms with van der Waals surface area (Å²) in [6, 6.07) is -0.115. The van der Waals surface area contributed by atoms with Gasteiger partial charge >= 0.3 is 22.4 Å². The molecule has 0 spiro atoms. The Morgan fingerprint density at radius 1 is 1.24 bits per heavy atom. The Morgan fingerprint density at radius 2 is 1.76 bits per heavy atom.